The lowest BCUT2D eigenvalue weighted by Gasteiger charge is -2.13. The summed E-state index contributed by atoms with van der Waals surface area (Å²) in [5.74, 6) is -0.152. The fraction of sp³-hybridized carbons (Fsp3) is 0.500. The summed E-state index contributed by atoms with van der Waals surface area (Å²) in [6.45, 7) is 4.87. The maximum Gasteiger partial charge on any atom is 0.128 e. The van der Waals surface area contributed by atoms with Crippen LogP contribution in [-0.2, 0) is 6.54 Å². The highest BCUT2D eigenvalue weighted by atomic mass is 79.9. The molecule has 0 radical (unpaired) electrons. The fourth-order valence-electron chi connectivity index (χ4n) is 1.48. The molecule has 0 saturated carbocycles. The molecule has 15 heavy (non-hydrogen) atoms. The zero-order chi connectivity index (χ0) is 11.3. The van der Waals surface area contributed by atoms with E-state index < -0.39 is 0 Å². The van der Waals surface area contributed by atoms with Crippen molar-refractivity contribution >= 4 is 15.9 Å². The molecule has 0 fully saturated rings. The second-order valence-corrected chi connectivity index (χ2v) is 4.72. The van der Waals surface area contributed by atoms with E-state index in [0.29, 0.717) is 12.6 Å². The highest BCUT2D eigenvalue weighted by Gasteiger charge is 2.04. The Kier molecular flexibility index (Phi) is 5.26. The molecule has 1 aromatic rings. The van der Waals surface area contributed by atoms with E-state index in [4.69, 9.17) is 0 Å². The van der Waals surface area contributed by atoms with Gasteiger partial charge in [0.1, 0.15) is 5.82 Å². The number of hydrogen-bond donors (Lipinski definition) is 1. The molecule has 0 spiro atoms. The van der Waals surface area contributed by atoms with Crippen LogP contribution >= 0.6 is 15.9 Å². The molecule has 0 aromatic heterocycles. The smallest absolute Gasteiger partial charge is 0.128 e. The van der Waals surface area contributed by atoms with Gasteiger partial charge in [0.2, 0.25) is 0 Å². The van der Waals surface area contributed by atoms with Gasteiger partial charge in [0.05, 0.1) is 0 Å². The van der Waals surface area contributed by atoms with E-state index in [1.165, 1.54) is 6.07 Å². The van der Waals surface area contributed by atoms with E-state index in [1.807, 2.05) is 12.1 Å². The molecule has 1 aromatic carbocycles. The van der Waals surface area contributed by atoms with Crippen molar-refractivity contribution in [2.75, 3.05) is 0 Å². The zero-order valence-corrected chi connectivity index (χ0v) is 10.8. The van der Waals surface area contributed by atoms with E-state index in [2.05, 4.69) is 35.1 Å². The molecule has 1 N–H and O–H groups in total. The molecule has 1 rings (SSSR count). The normalized spacial score (nSPS) is 12.8. The highest BCUT2D eigenvalue weighted by Crippen LogP contribution is 2.15. The Morgan fingerprint density at radius 3 is 2.80 bits per heavy atom. The van der Waals surface area contributed by atoms with E-state index in [1.54, 1.807) is 0 Å². The SMILES string of the molecule is CCCC(C)NCc1ccc(Br)cc1F. The third kappa shape index (κ3) is 4.31. The Bertz CT molecular complexity index is 314. The van der Waals surface area contributed by atoms with E-state index in [0.717, 1.165) is 22.9 Å². The molecule has 84 valence electrons. The molecule has 0 bridgehead atoms. The number of hydrogen-bond acceptors (Lipinski definition) is 1. The van der Waals surface area contributed by atoms with Crippen LogP contribution in [0.2, 0.25) is 0 Å². The quantitative estimate of drug-likeness (QED) is 0.859. The Morgan fingerprint density at radius 2 is 2.20 bits per heavy atom. The summed E-state index contributed by atoms with van der Waals surface area (Å²) in [6, 6.07) is 5.62. The minimum atomic E-state index is -0.152. The zero-order valence-electron chi connectivity index (χ0n) is 9.19. The maximum absolute atomic E-state index is 13.4. The summed E-state index contributed by atoms with van der Waals surface area (Å²) in [5.41, 5.74) is 0.723. The van der Waals surface area contributed by atoms with Crippen LogP contribution in [0.15, 0.2) is 22.7 Å². The van der Waals surface area contributed by atoms with Gasteiger partial charge in [-0.25, -0.2) is 4.39 Å². The first kappa shape index (κ1) is 12.7. The van der Waals surface area contributed by atoms with Gasteiger partial charge in [-0.05, 0) is 25.5 Å². The molecule has 3 heteroatoms. The van der Waals surface area contributed by atoms with Gasteiger partial charge in [-0.2, -0.15) is 0 Å². The molecule has 1 unspecified atom stereocenters. The van der Waals surface area contributed by atoms with E-state index in [9.17, 15) is 4.39 Å². The van der Waals surface area contributed by atoms with Crippen molar-refractivity contribution in [2.24, 2.45) is 0 Å². The van der Waals surface area contributed by atoms with Crippen molar-refractivity contribution in [1.82, 2.24) is 5.32 Å². The molecule has 0 heterocycles. The van der Waals surface area contributed by atoms with E-state index >= 15 is 0 Å². The topological polar surface area (TPSA) is 12.0 Å². The first-order valence-corrected chi connectivity index (χ1v) is 6.10. The Labute approximate surface area is 99.2 Å². The van der Waals surface area contributed by atoms with Gasteiger partial charge >= 0.3 is 0 Å². The summed E-state index contributed by atoms with van der Waals surface area (Å²) in [7, 11) is 0. The monoisotopic (exact) mass is 273 g/mol. The van der Waals surface area contributed by atoms with Crippen LogP contribution in [0.1, 0.15) is 32.3 Å². The van der Waals surface area contributed by atoms with Crippen molar-refractivity contribution in [3.63, 3.8) is 0 Å². The number of halogens is 2. The largest absolute Gasteiger partial charge is 0.310 e. The molecule has 0 aliphatic carbocycles. The molecule has 0 amide bonds. The standard InChI is InChI=1S/C12H17BrFN/c1-3-4-9(2)15-8-10-5-6-11(13)7-12(10)14/h5-7,9,15H,3-4,8H2,1-2H3. The minimum Gasteiger partial charge on any atom is -0.310 e. The lowest BCUT2D eigenvalue weighted by atomic mass is 10.1. The fourth-order valence-corrected chi connectivity index (χ4v) is 1.82. The molecular weight excluding hydrogens is 257 g/mol. The third-order valence-electron chi connectivity index (χ3n) is 2.38. The van der Waals surface area contributed by atoms with Crippen molar-refractivity contribution < 1.29 is 4.39 Å². The summed E-state index contributed by atoms with van der Waals surface area (Å²) in [5, 5.41) is 3.30. The molecule has 0 aliphatic rings. The van der Waals surface area contributed by atoms with Crippen molar-refractivity contribution in [2.45, 2.75) is 39.3 Å². The van der Waals surface area contributed by atoms with Gasteiger partial charge in [0, 0.05) is 22.6 Å². The summed E-state index contributed by atoms with van der Waals surface area (Å²) < 4.78 is 14.2. The Balaban J connectivity index is 2.50. The number of rotatable bonds is 5. The number of nitrogens with one attached hydrogen (secondary N) is 1. The van der Waals surface area contributed by atoms with Gasteiger partial charge < -0.3 is 5.32 Å². The second kappa shape index (κ2) is 6.23. The van der Waals surface area contributed by atoms with Crippen LogP contribution in [0, 0.1) is 5.82 Å². The van der Waals surface area contributed by atoms with Gasteiger partial charge in [-0.15, -0.1) is 0 Å². The molecule has 1 atom stereocenters. The molecule has 0 aliphatic heterocycles. The average Bonchev–Trinajstić information content (AvgIpc) is 2.17. The van der Waals surface area contributed by atoms with Crippen molar-refractivity contribution in [3.05, 3.63) is 34.1 Å². The van der Waals surface area contributed by atoms with Gasteiger partial charge in [0.15, 0.2) is 0 Å². The van der Waals surface area contributed by atoms with Crippen LogP contribution < -0.4 is 5.32 Å². The van der Waals surface area contributed by atoms with Crippen LogP contribution in [0.5, 0.6) is 0 Å². The maximum atomic E-state index is 13.4. The Hall–Kier alpha value is -0.410. The Morgan fingerprint density at radius 1 is 1.47 bits per heavy atom. The lowest BCUT2D eigenvalue weighted by Crippen LogP contribution is -2.25. The van der Waals surface area contributed by atoms with Gasteiger partial charge in [-0.3, -0.25) is 0 Å². The van der Waals surface area contributed by atoms with Crippen molar-refractivity contribution in [1.29, 1.82) is 0 Å². The van der Waals surface area contributed by atoms with Crippen LogP contribution in [0.3, 0.4) is 0 Å². The lowest BCUT2D eigenvalue weighted by molar-refractivity contribution is 0.496. The molecule has 0 saturated heterocycles. The summed E-state index contributed by atoms with van der Waals surface area (Å²) >= 11 is 3.24. The van der Waals surface area contributed by atoms with Crippen molar-refractivity contribution in [3.8, 4) is 0 Å². The van der Waals surface area contributed by atoms with E-state index in [-0.39, 0.29) is 5.82 Å². The predicted molar refractivity (Wildman–Crippen MR) is 65.3 cm³/mol. The summed E-state index contributed by atoms with van der Waals surface area (Å²) in [4.78, 5) is 0. The van der Waals surface area contributed by atoms with Crippen LogP contribution in [0.4, 0.5) is 4.39 Å². The highest BCUT2D eigenvalue weighted by molar-refractivity contribution is 9.10. The molecular formula is C12H17BrFN. The third-order valence-corrected chi connectivity index (χ3v) is 2.87. The first-order valence-electron chi connectivity index (χ1n) is 5.30. The van der Waals surface area contributed by atoms with Gasteiger partial charge in [0.25, 0.3) is 0 Å². The number of benzene rings is 1. The minimum absolute atomic E-state index is 0.152. The van der Waals surface area contributed by atoms with Crippen LogP contribution in [0.25, 0.3) is 0 Å². The predicted octanol–water partition coefficient (Wildman–Crippen LogP) is 3.87. The second-order valence-electron chi connectivity index (χ2n) is 3.81. The first-order chi connectivity index (χ1) is 7.13. The summed E-state index contributed by atoms with van der Waals surface area (Å²) in [6.07, 6.45) is 2.27. The van der Waals surface area contributed by atoms with Crippen LogP contribution in [-0.4, -0.2) is 6.04 Å². The average molecular weight is 274 g/mol. The van der Waals surface area contributed by atoms with Gasteiger partial charge in [-0.1, -0.05) is 35.3 Å². The molecule has 1 nitrogen and oxygen atoms in total.